The van der Waals surface area contributed by atoms with Gasteiger partial charge in [-0.1, -0.05) is 30.3 Å². The predicted molar refractivity (Wildman–Crippen MR) is 97.0 cm³/mol. The van der Waals surface area contributed by atoms with Crippen LogP contribution in [0.25, 0.3) is 5.69 Å². The second-order valence-corrected chi connectivity index (χ2v) is 5.16. The fourth-order valence-electron chi connectivity index (χ4n) is 1.99. The summed E-state index contributed by atoms with van der Waals surface area (Å²) < 4.78 is 1.94. The van der Waals surface area contributed by atoms with Gasteiger partial charge in [-0.15, -0.1) is 0 Å². The highest BCUT2D eigenvalue weighted by molar-refractivity contribution is 7.80. The van der Waals surface area contributed by atoms with Gasteiger partial charge in [0.25, 0.3) is 0 Å². The van der Waals surface area contributed by atoms with Gasteiger partial charge in [-0.2, -0.15) is 5.10 Å². The minimum Gasteiger partial charge on any atom is -0.331 e. The van der Waals surface area contributed by atoms with Crippen LogP contribution in [0.5, 0.6) is 0 Å². The summed E-state index contributed by atoms with van der Waals surface area (Å²) in [6.45, 7) is 0. The highest BCUT2D eigenvalue weighted by Gasteiger charge is 1.96. The van der Waals surface area contributed by atoms with Crippen LogP contribution in [-0.2, 0) is 0 Å². The standard InChI is InChI=1S/C17H15N5S/c23-17(20-15-4-2-1-3-5-15)21-19-12-14-6-8-16(9-7-14)22-11-10-18-13-22/h1-13H,(H2,20,21,23)/b19-12+. The van der Waals surface area contributed by atoms with Gasteiger partial charge in [0, 0.05) is 23.8 Å². The number of imidazole rings is 1. The van der Waals surface area contributed by atoms with Gasteiger partial charge < -0.3 is 9.88 Å². The fourth-order valence-corrected chi connectivity index (χ4v) is 2.16. The van der Waals surface area contributed by atoms with Gasteiger partial charge in [-0.3, -0.25) is 5.43 Å². The lowest BCUT2D eigenvalue weighted by atomic mass is 10.2. The van der Waals surface area contributed by atoms with E-state index in [4.69, 9.17) is 12.2 Å². The topological polar surface area (TPSA) is 54.2 Å². The van der Waals surface area contributed by atoms with E-state index in [2.05, 4.69) is 20.8 Å². The second kappa shape index (κ2) is 7.33. The molecule has 114 valence electrons. The molecule has 2 aromatic carbocycles. The SMILES string of the molecule is S=C(N/N=C/c1ccc(-n2ccnc2)cc1)Nc1ccccc1. The fraction of sp³-hybridized carbons (Fsp3) is 0. The van der Waals surface area contributed by atoms with Crippen LogP contribution in [0.15, 0.2) is 78.4 Å². The summed E-state index contributed by atoms with van der Waals surface area (Å²) >= 11 is 5.18. The van der Waals surface area contributed by atoms with Gasteiger partial charge >= 0.3 is 0 Å². The first-order valence-corrected chi connectivity index (χ1v) is 7.45. The van der Waals surface area contributed by atoms with Crippen molar-refractivity contribution in [2.45, 2.75) is 0 Å². The number of anilines is 1. The Morgan fingerprint density at radius 3 is 2.57 bits per heavy atom. The van der Waals surface area contributed by atoms with Crippen molar-refractivity contribution in [1.82, 2.24) is 15.0 Å². The molecule has 1 heterocycles. The van der Waals surface area contributed by atoms with E-state index in [0.717, 1.165) is 16.9 Å². The summed E-state index contributed by atoms with van der Waals surface area (Å²) in [6.07, 6.45) is 7.13. The number of benzene rings is 2. The van der Waals surface area contributed by atoms with Crippen molar-refractivity contribution >= 4 is 29.2 Å². The molecule has 1 aromatic heterocycles. The number of thiocarbonyl (C=S) groups is 1. The van der Waals surface area contributed by atoms with Gasteiger partial charge in [0.2, 0.25) is 0 Å². The molecular formula is C17H15N5S. The van der Waals surface area contributed by atoms with Crippen LogP contribution in [0.4, 0.5) is 5.69 Å². The lowest BCUT2D eigenvalue weighted by Crippen LogP contribution is -2.23. The normalized spacial score (nSPS) is 10.6. The van der Waals surface area contributed by atoms with Gasteiger partial charge in [-0.05, 0) is 42.0 Å². The Balaban J connectivity index is 1.55. The van der Waals surface area contributed by atoms with Crippen LogP contribution in [0.3, 0.4) is 0 Å². The molecule has 0 saturated carbocycles. The predicted octanol–water partition coefficient (Wildman–Crippen LogP) is 3.19. The maximum atomic E-state index is 5.18. The van der Waals surface area contributed by atoms with Crippen molar-refractivity contribution in [3.05, 3.63) is 78.9 Å². The summed E-state index contributed by atoms with van der Waals surface area (Å²) in [7, 11) is 0. The first-order chi connectivity index (χ1) is 11.3. The smallest absolute Gasteiger partial charge is 0.191 e. The molecule has 0 aliphatic carbocycles. The largest absolute Gasteiger partial charge is 0.331 e. The average Bonchev–Trinajstić information content (AvgIpc) is 3.11. The van der Waals surface area contributed by atoms with Gasteiger partial charge in [0.15, 0.2) is 5.11 Å². The monoisotopic (exact) mass is 321 g/mol. The van der Waals surface area contributed by atoms with E-state index in [1.165, 1.54) is 0 Å². The molecule has 0 fully saturated rings. The molecule has 0 unspecified atom stereocenters. The summed E-state index contributed by atoms with van der Waals surface area (Å²) in [5, 5.41) is 7.63. The number of hydrogen-bond donors (Lipinski definition) is 2. The number of para-hydroxylation sites is 1. The molecule has 2 N–H and O–H groups in total. The molecule has 3 rings (SSSR count). The van der Waals surface area contributed by atoms with E-state index in [0.29, 0.717) is 5.11 Å². The second-order valence-electron chi connectivity index (χ2n) is 4.75. The highest BCUT2D eigenvalue weighted by atomic mass is 32.1. The van der Waals surface area contributed by atoms with E-state index in [9.17, 15) is 0 Å². The van der Waals surface area contributed by atoms with Crippen LogP contribution in [0, 0.1) is 0 Å². The van der Waals surface area contributed by atoms with Gasteiger partial charge in [-0.25, -0.2) is 4.98 Å². The molecule has 0 aliphatic rings. The summed E-state index contributed by atoms with van der Waals surface area (Å²) in [4.78, 5) is 4.03. The zero-order chi connectivity index (χ0) is 15.9. The molecule has 0 bridgehead atoms. The molecule has 23 heavy (non-hydrogen) atoms. The van der Waals surface area contributed by atoms with Crippen LogP contribution in [0.1, 0.15) is 5.56 Å². The first kappa shape index (κ1) is 14.9. The molecule has 0 aliphatic heterocycles. The van der Waals surface area contributed by atoms with Crippen molar-refractivity contribution in [2.24, 2.45) is 5.10 Å². The Labute approximate surface area is 139 Å². The molecule has 0 atom stereocenters. The number of nitrogens with one attached hydrogen (secondary N) is 2. The number of aromatic nitrogens is 2. The highest BCUT2D eigenvalue weighted by Crippen LogP contribution is 2.08. The number of hydrogen-bond acceptors (Lipinski definition) is 3. The summed E-state index contributed by atoms with van der Waals surface area (Å²) in [6, 6.07) is 17.7. The molecular weight excluding hydrogens is 306 g/mol. The Morgan fingerprint density at radius 2 is 1.87 bits per heavy atom. The summed E-state index contributed by atoms with van der Waals surface area (Å²) in [5.74, 6) is 0. The van der Waals surface area contributed by atoms with Crippen LogP contribution < -0.4 is 10.7 Å². The molecule has 0 amide bonds. The third kappa shape index (κ3) is 4.24. The number of rotatable bonds is 4. The van der Waals surface area contributed by atoms with E-state index in [1.54, 1.807) is 18.7 Å². The average molecular weight is 321 g/mol. The van der Waals surface area contributed by atoms with Gasteiger partial charge in [0.05, 0.1) is 12.5 Å². The maximum absolute atomic E-state index is 5.18. The Hall–Kier alpha value is -2.99. The Morgan fingerprint density at radius 1 is 1.09 bits per heavy atom. The minimum absolute atomic E-state index is 0.447. The van der Waals surface area contributed by atoms with Gasteiger partial charge in [0.1, 0.15) is 0 Å². The summed E-state index contributed by atoms with van der Waals surface area (Å²) in [5.41, 5.74) is 5.74. The molecule has 0 radical (unpaired) electrons. The third-order valence-corrected chi connectivity index (χ3v) is 3.30. The van der Waals surface area contributed by atoms with E-state index < -0.39 is 0 Å². The van der Waals surface area contributed by atoms with Crippen LogP contribution in [0.2, 0.25) is 0 Å². The quantitative estimate of drug-likeness (QED) is 0.440. The molecule has 5 nitrogen and oxygen atoms in total. The van der Waals surface area contributed by atoms with Crippen molar-refractivity contribution in [1.29, 1.82) is 0 Å². The molecule has 6 heteroatoms. The van der Waals surface area contributed by atoms with Crippen LogP contribution >= 0.6 is 12.2 Å². The van der Waals surface area contributed by atoms with Crippen molar-refractivity contribution in [3.63, 3.8) is 0 Å². The first-order valence-electron chi connectivity index (χ1n) is 7.05. The Kier molecular flexibility index (Phi) is 4.76. The molecule has 0 saturated heterocycles. The number of nitrogens with zero attached hydrogens (tertiary/aromatic N) is 3. The lowest BCUT2D eigenvalue weighted by Gasteiger charge is -2.06. The third-order valence-electron chi connectivity index (χ3n) is 3.11. The van der Waals surface area contributed by atoms with Crippen molar-refractivity contribution < 1.29 is 0 Å². The lowest BCUT2D eigenvalue weighted by molar-refractivity contribution is 1.05. The van der Waals surface area contributed by atoms with E-state index in [1.807, 2.05) is 65.4 Å². The number of hydrazone groups is 1. The van der Waals surface area contributed by atoms with Crippen molar-refractivity contribution in [2.75, 3.05) is 5.32 Å². The zero-order valence-electron chi connectivity index (χ0n) is 12.3. The molecule has 0 spiro atoms. The van der Waals surface area contributed by atoms with E-state index in [-0.39, 0.29) is 0 Å². The minimum atomic E-state index is 0.447. The Bertz CT molecular complexity index is 780. The maximum Gasteiger partial charge on any atom is 0.191 e. The zero-order valence-corrected chi connectivity index (χ0v) is 13.1. The molecule has 3 aromatic rings. The van der Waals surface area contributed by atoms with Crippen LogP contribution in [-0.4, -0.2) is 20.9 Å². The van der Waals surface area contributed by atoms with Crippen molar-refractivity contribution in [3.8, 4) is 5.69 Å². The van der Waals surface area contributed by atoms with E-state index >= 15 is 0 Å².